The summed E-state index contributed by atoms with van der Waals surface area (Å²) in [4.78, 5) is 0. The van der Waals surface area contributed by atoms with Crippen molar-refractivity contribution < 1.29 is 0 Å². The van der Waals surface area contributed by atoms with Crippen LogP contribution in [-0.2, 0) is 0 Å². The molecule has 0 saturated carbocycles. The van der Waals surface area contributed by atoms with E-state index in [-0.39, 0.29) is 0 Å². The van der Waals surface area contributed by atoms with Crippen LogP contribution in [0.4, 0.5) is 0 Å². The van der Waals surface area contributed by atoms with Gasteiger partial charge in [0.1, 0.15) is 0 Å². The topological polar surface area (TPSA) is 0 Å². The van der Waals surface area contributed by atoms with E-state index < -0.39 is 8.07 Å². The molecule has 0 unspecified atom stereocenters. The Hall–Kier alpha value is -0.0431. The maximum atomic E-state index is 2.40. The molecule has 0 aromatic carbocycles. The highest BCUT2D eigenvalue weighted by Gasteiger charge is 2.10. The van der Waals surface area contributed by atoms with Crippen LogP contribution in [0.25, 0.3) is 0 Å². The van der Waals surface area contributed by atoms with Crippen LogP contribution in [0.3, 0.4) is 0 Å². The van der Waals surface area contributed by atoms with Gasteiger partial charge in [-0.15, -0.1) is 0 Å². The zero-order valence-electron chi connectivity index (χ0n) is 8.86. The fourth-order valence-corrected chi connectivity index (χ4v) is 1.59. The van der Waals surface area contributed by atoms with Gasteiger partial charge in [0.05, 0.1) is 0 Å². The van der Waals surface area contributed by atoms with Gasteiger partial charge in [0, 0.05) is 8.07 Å². The number of rotatable bonds is 2. The lowest BCUT2D eigenvalue weighted by atomic mass is 9.97. The Labute approximate surface area is 72.7 Å². The molecule has 1 heteroatoms. The van der Waals surface area contributed by atoms with Crippen molar-refractivity contribution in [3.05, 3.63) is 12.2 Å². The van der Waals surface area contributed by atoms with Crippen LogP contribution in [0.2, 0.25) is 25.7 Å². The molecule has 0 bridgehead atoms. The highest BCUT2D eigenvalue weighted by atomic mass is 28.3. The second kappa shape index (κ2) is 3.57. The van der Waals surface area contributed by atoms with Crippen molar-refractivity contribution in [1.29, 1.82) is 0 Å². The zero-order chi connectivity index (χ0) is 9.12. The molecular formula is C10H22Si. The Morgan fingerprint density at radius 1 is 1.09 bits per heavy atom. The molecule has 0 aliphatic heterocycles. The molecule has 0 atom stereocenters. The fourth-order valence-electron chi connectivity index (χ4n) is 0.766. The van der Waals surface area contributed by atoms with Crippen molar-refractivity contribution in [2.45, 2.75) is 46.5 Å². The van der Waals surface area contributed by atoms with Gasteiger partial charge in [-0.2, -0.15) is 0 Å². The van der Waals surface area contributed by atoms with Crippen molar-refractivity contribution in [2.24, 2.45) is 5.41 Å². The predicted octanol–water partition coefficient (Wildman–Crippen LogP) is 3.93. The van der Waals surface area contributed by atoms with Crippen molar-refractivity contribution in [3.63, 3.8) is 0 Å². The smallest absolute Gasteiger partial charge is 0.0480 e. The maximum Gasteiger partial charge on any atom is 0.0480 e. The third-order valence-corrected chi connectivity index (χ3v) is 2.81. The Bertz CT molecular complexity index is 132. The minimum atomic E-state index is -0.844. The molecule has 0 aliphatic rings. The summed E-state index contributed by atoms with van der Waals surface area (Å²) in [6, 6.07) is 1.31. The van der Waals surface area contributed by atoms with E-state index in [9.17, 15) is 0 Å². The van der Waals surface area contributed by atoms with E-state index in [1.165, 1.54) is 6.04 Å². The first-order chi connectivity index (χ1) is 4.71. The van der Waals surface area contributed by atoms with Crippen LogP contribution < -0.4 is 0 Å². The van der Waals surface area contributed by atoms with Crippen LogP contribution in [0.1, 0.15) is 20.8 Å². The minimum Gasteiger partial charge on any atom is -0.0907 e. The summed E-state index contributed by atoms with van der Waals surface area (Å²) in [5.74, 6) is 0. The molecule has 0 aromatic heterocycles. The average molecular weight is 170 g/mol. The van der Waals surface area contributed by atoms with Gasteiger partial charge in [-0.1, -0.05) is 52.6 Å². The monoisotopic (exact) mass is 170 g/mol. The van der Waals surface area contributed by atoms with E-state index in [0.29, 0.717) is 5.41 Å². The van der Waals surface area contributed by atoms with Gasteiger partial charge in [-0.05, 0) is 11.5 Å². The lowest BCUT2D eigenvalue weighted by Gasteiger charge is -2.15. The average Bonchev–Trinajstić information content (AvgIpc) is 1.55. The molecule has 0 saturated heterocycles. The van der Waals surface area contributed by atoms with Gasteiger partial charge < -0.3 is 0 Å². The molecule has 0 nitrogen and oxygen atoms in total. The molecule has 0 rings (SSSR count). The van der Waals surface area contributed by atoms with Crippen molar-refractivity contribution in [3.8, 4) is 0 Å². The van der Waals surface area contributed by atoms with E-state index in [1.54, 1.807) is 0 Å². The molecule has 0 amide bonds. The van der Waals surface area contributed by atoms with Crippen molar-refractivity contribution in [2.75, 3.05) is 0 Å². The van der Waals surface area contributed by atoms with E-state index in [1.807, 2.05) is 0 Å². The highest BCUT2D eigenvalue weighted by molar-refractivity contribution is 6.76. The summed E-state index contributed by atoms with van der Waals surface area (Å²) in [5, 5.41) is 0. The SMILES string of the molecule is CC(C)(C)C=CC[Si](C)(C)C. The van der Waals surface area contributed by atoms with Gasteiger partial charge in [0.2, 0.25) is 0 Å². The van der Waals surface area contributed by atoms with E-state index in [4.69, 9.17) is 0 Å². The Balaban J connectivity index is 3.80. The van der Waals surface area contributed by atoms with E-state index in [0.717, 1.165) is 0 Å². The first-order valence-corrected chi connectivity index (χ1v) is 8.09. The van der Waals surface area contributed by atoms with Crippen molar-refractivity contribution >= 4 is 8.07 Å². The summed E-state index contributed by atoms with van der Waals surface area (Å²) >= 11 is 0. The van der Waals surface area contributed by atoms with Crippen LogP contribution in [0.5, 0.6) is 0 Å². The predicted molar refractivity (Wildman–Crippen MR) is 56.7 cm³/mol. The van der Waals surface area contributed by atoms with Gasteiger partial charge in [-0.3, -0.25) is 0 Å². The molecule has 0 radical (unpaired) electrons. The third-order valence-electron chi connectivity index (χ3n) is 1.35. The molecule has 0 heterocycles. The molecule has 0 N–H and O–H groups in total. The standard InChI is InChI=1S/C10H22Si/c1-10(2,3)8-7-9-11(4,5)6/h7-8H,9H2,1-6H3. The normalized spacial score (nSPS) is 14.4. The molecular weight excluding hydrogens is 148 g/mol. The Morgan fingerprint density at radius 3 is 1.82 bits per heavy atom. The second-order valence-electron chi connectivity index (χ2n) is 5.53. The summed E-state index contributed by atoms with van der Waals surface area (Å²) in [5.41, 5.74) is 0.361. The summed E-state index contributed by atoms with van der Waals surface area (Å²) in [7, 11) is -0.844. The van der Waals surface area contributed by atoms with Gasteiger partial charge >= 0.3 is 0 Å². The molecule has 0 spiro atoms. The largest absolute Gasteiger partial charge is 0.0907 e. The third kappa shape index (κ3) is 9.96. The number of hydrogen-bond acceptors (Lipinski definition) is 0. The van der Waals surface area contributed by atoms with E-state index in [2.05, 4.69) is 52.6 Å². The molecule has 66 valence electrons. The van der Waals surface area contributed by atoms with E-state index >= 15 is 0 Å². The fraction of sp³-hybridized carbons (Fsp3) is 0.800. The molecule has 0 aliphatic carbocycles. The molecule has 11 heavy (non-hydrogen) atoms. The maximum absolute atomic E-state index is 2.40. The van der Waals surface area contributed by atoms with Crippen molar-refractivity contribution in [1.82, 2.24) is 0 Å². The first-order valence-electron chi connectivity index (χ1n) is 4.38. The zero-order valence-corrected chi connectivity index (χ0v) is 9.86. The number of hydrogen-bond donors (Lipinski definition) is 0. The Kier molecular flexibility index (Phi) is 3.56. The lowest BCUT2D eigenvalue weighted by Crippen LogP contribution is -2.17. The molecule has 0 fully saturated rings. The van der Waals surface area contributed by atoms with Gasteiger partial charge in [0.15, 0.2) is 0 Å². The number of allylic oxidation sites excluding steroid dienone is 2. The highest BCUT2D eigenvalue weighted by Crippen LogP contribution is 2.17. The molecule has 0 aromatic rings. The van der Waals surface area contributed by atoms with Crippen LogP contribution >= 0.6 is 0 Å². The van der Waals surface area contributed by atoms with Gasteiger partial charge in [0.25, 0.3) is 0 Å². The van der Waals surface area contributed by atoms with Crippen LogP contribution in [-0.4, -0.2) is 8.07 Å². The lowest BCUT2D eigenvalue weighted by molar-refractivity contribution is 0.543. The second-order valence-corrected chi connectivity index (χ2v) is 11.1. The van der Waals surface area contributed by atoms with Gasteiger partial charge in [-0.25, -0.2) is 0 Å². The quantitative estimate of drug-likeness (QED) is 0.435. The minimum absolute atomic E-state index is 0.361. The first kappa shape index (κ1) is 11.0. The van der Waals surface area contributed by atoms with Crippen LogP contribution in [0, 0.1) is 5.41 Å². The van der Waals surface area contributed by atoms with Crippen LogP contribution in [0.15, 0.2) is 12.2 Å². The summed E-state index contributed by atoms with van der Waals surface area (Å²) in [6.45, 7) is 13.9. The summed E-state index contributed by atoms with van der Waals surface area (Å²) < 4.78 is 0. The summed E-state index contributed by atoms with van der Waals surface area (Å²) in [6.07, 6.45) is 4.68. The Morgan fingerprint density at radius 2 is 1.55 bits per heavy atom.